The summed E-state index contributed by atoms with van der Waals surface area (Å²) in [5.41, 5.74) is 7.11. The minimum atomic E-state index is -0.0542. The molecule has 0 atom stereocenters. The Bertz CT molecular complexity index is 600. The Kier molecular flexibility index (Phi) is 4.33. The Morgan fingerprint density at radius 3 is 2.89 bits per heavy atom. The van der Waals surface area contributed by atoms with Crippen LogP contribution in [0.2, 0.25) is 0 Å². The molecule has 0 aliphatic heterocycles. The van der Waals surface area contributed by atoms with E-state index >= 15 is 0 Å². The molecule has 6 nitrogen and oxygen atoms in total. The van der Waals surface area contributed by atoms with Crippen molar-refractivity contribution in [2.45, 2.75) is 6.54 Å². The van der Waals surface area contributed by atoms with Crippen LogP contribution in [0.4, 0.5) is 5.82 Å². The average molecular weight is 342 g/mol. The molecule has 0 unspecified atom stereocenters. The lowest BCUT2D eigenvalue weighted by molar-refractivity contribution is 0.318. The minimum Gasteiger partial charge on any atom is -0.409 e. The number of nitrogens with two attached hydrogens (primary N) is 1. The SMILES string of the molecule is CN(Cc1csc(Br)c1)c1nccnc1C(N)=NO. The highest BCUT2D eigenvalue weighted by Gasteiger charge is 2.14. The highest BCUT2D eigenvalue weighted by molar-refractivity contribution is 9.11. The molecule has 0 saturated heterocycles. The Morgan fingerprint density at radius 1 is 1.53 bits per heavy atom. The van der Waals surface area contributed by atoms with Gasteiger partial charge in [-0.05, 0) is 32.9 Å². The van der Waals surface area contributed by atoms with Gasteiger partial charge in [0.25, 0.3) is 0 Å². The van der Waals surface area contributed by atoms with Crippen LogP contribution in [0.3, 0.4) is 0 Å². The summed E-state index contributed by atoms with van der Waals surface area (Å²) in [5, 5.41) is 13.8. The van der Waals surface area contributed by atoms with Crippen molar-refractivity contribution < 1.29 is 5.21 Å². The summed E-state index contributed by atoms with van der Waals surface area (Å²) in [5.74, 6) is 0.515. The molecule has 0 saturated carbocycles. The Hall–Kier alpha value is -1.67. The predicted molar refractivity (Wildman–Crippen MR) is 78.7 cm³/mol. The molecule has 3 N–H and O–H groups in total. The third-order valence-corrected chi connectivity index (χ3v) is 3.99. The van der Waals surface area contributed by atoms with Crippen molar-refractivity contribution >= 4 is 38.9 Å². The Labute approximate surface area is 122 Å². The molecule has 2 aromatic rings. The van der Waals surface area contributed by atoms with E-state index in [9.17, 15) is 0 Å². The van der Waals surface area contributed by atoms with Gasteiger partial charge in [0.1, 0.15) is 0 Å². The molecule has 19 heavy (non-hydrogen) atoms. The van der Waals surface area contributed by atoms with Gasteiger partial charge in [-0.2, -0.15) is 0 Å². The molecule has 2 rings (SSSR count). The van der Waals surface area contributed by atoms with Gasteiger partial charge in [0.15, 0.2) is 17.3 Å². The molecule has 0 amide bonds. The van der Waals surface area contributed by atoms with Gasteiger partial charge in [-0.15, -0.1) is 11.3 Å². The quantitative estimate of drug-likeness (QED) is 0.384. The molecule has 0 aliphatic rings. The lowest BCUT2D eigenvalue weighted by Gasteiger charge is -2.19. The number of anilines is 1. The molecule has 0 aromatic carbocycles. The second-order valence-electron chi connectivity index (χ2n) is 3.83. The first kappa shape index (κ1) is 13.8. The van der Waals surface area contributed by atoms with Crippen LogP contribution in [0, 0.1) is 0 Å². The van der Waals surface area contributed by atoms with Crippen molar-refractivity contribution in [1.82, 2.24) is 9.97 Å². The molecule has 2 aromatic heterocycles. The molecular weight excluding hydrogens is 330 g/mol. The summed E-state index contributed by atoms with van der Waals surface area (Å²) in [6.07, 6.45) is 3.08. The maximum Gasteiger partial charge on any atom is 0.192 e. The van der Waals surface area contributed by atoms with E-state index in [4.69, 9.17) is 10.9 Å². The summed E-state index contributed by atoms with van der Waals surface area (Å²) in [6, 6.07) is 2.04. The van der Waals surface area contributed by atoms with Gasteiger partial charge in [0.2, 0.25) is 0 Å². The normalized spacial score (nSPS) is 11.6. The van der Waals surface area contributed by atoms with Crippen LogP contribution < -0.4 is 10.6 Å². The van der Waals surface area contributed by atoms with Gasteiger partial charge < -0.3 is 15.8 Å². The number of halogens is 1. The first-order valence-corrected chi connectivity index (χ1v) is 7.02. The lowest BCUT2D eigenvalue weighted by Crippen LogP contribution is -2.24. The van der Waals surface area contributed by atoms with E-state index in [-0.39, 0.29) is 5.84 Å². The monoisotopic (exact) mass is 341 g/mol. The Morgan fingerprint density at radius 2 is 2.26 bits per heavy atom. The summed E-state index contributed by atoms with van der Waals surface area (Å²) in [7, 11) is 1.88. The van der Waals surface area contributed by atoms with E-state index in [0.717, 1.165) is 9.35 Å². The van der Waals surface area contributed by atoms with Gasteiger partial charge >= 0.3 is 0 Å². The average Bonchev–Trinajstić information content (AvgIpc) is 2.83. The second-order valence-corrected chi connectivity index (χ2v) is 6.12. The third kappa shape index (κ3) is 3.21. The van der Waals surface area contributed by atoms with Gasteiger partial charge in [0, 0.05) is 26.0 Å². The smallest absolute Gasteiger partial charge is 0.192 e. The zero-order valence-electron chi connectivity index (χ0n) is 10.1. The number of oxime groups is 1. The molecule has 2 heterocycles. The van der Waals surface area contributed by atoms with Gasteiger partial charge in [-0.1, -0.05) is 5.16 Å². The van der Waals surface area contributed by atoms with E-state index in [1.54, 1.807) is 17.5 Å². The van der Waals surface area contributed by atoms with Gasteiger partial charge in [-0.25, -0.2) is 9.97 Å². The standard InChI is InChI=1S/C11H12BrN5OS/c1-17(5-7-4-8(12)19-6-7)11-9(10(13)16-18)14-2-3-15-11/h2-4,6,18H,5H2,1H3,(H2,13,16). The van der Waals surface area contributed by atoms with Crippen molar-refractivity contribution in [3.63, 3.8) is 0 Å². The van der Waals surface area contributed by atoms with Crippen LogP contribution in [0.15, 0.2) is 32.8 Å². The molecule has 0 spiro atoms. The number of rotatable bonds is 4. The molecule has 0 bridgehead atoms. The molecular formula is C11H12BrN5OS. The number of thiophene rings is 1. The van der Waals surface area contributed by atoms with E-state index in [2.05, 4.69) is 36.4 Å². The van der Waals surface area contributed by atoms with E-state index < -0.39 is 0 Å². The first-order chi connectivity index (χ1) is 9.11. The van der Waals surface area contributed by atoms with Crippen molar-refractivity contribution in [3.05, 3.63) is 38.9 Å². The number of nitrogens with zero attached hydrogens (tertiary/aromatic N) is 4. The highest BCUT2D eigenvalue weighted by Crippen LogP contribution is 2.23. The number of hydrogen-bond acceptors (Lipinski definition) is 6. The van der Waals surface area contributed by atoms with Crippen LogP contribution in [0.5, 0.6) is 0 Å². The number of amidine groups is 1. The molecule has 0 fully saturated rings. The first-order valence-electron chi connectivity index (χ1n) is 5.34. The zero-order chi connectivity index (χ0) is 13.8. The molecule has 8 heteroatoms. The van der Waals surface area contributed by atoms with Gasteiger partial charge in [-0.3, -0.25) is 0 Å². The van der Waals surface area contributed by atoms with Crippen LogP contribution >= 0.6 is 27.3 Å². The fourth-order valence-corrected chi connectivity index (χ4v) is 2.82. The van der Waals surface area contributed by atoms with Crippen molar-refractivity contribution in [2.75, 3.05) is 11.9 Å². The van der Waals surface area contributed by atoms with Crippen molar-refractivity contribution in [1.29, 1.82) is 0 Å². The summed E-state index contributed by atoms with van der Waals surface area (Å²) in [4.78, 5) is 10.2. The highest BCUT2D eigenvalue weighted by atomic mass is 79.9. The molecule has 0 aliphatic carbocycles. The van der Waals surface area contributed by atoms with E-state index in [1.165, 1.54) is 6.20 Å². The predicted octanol–water partition coefficient (Wildman–Crippen LogP) is 2.03. The summed E-state index contributed by atoms with van der Waals surface area (Å²) in [6.45, 7) is 0.659. The van der Waals surface area contributed by atoms with Crippen molar-refractivity contribution in [3.8, 4) is 0 Å². The Balaban J connectivity index is 2.26. The largest absolute Gasteiger partial charge is 0.409 e. The molecule has 100 valence electrons. The maximum atomic E-state index is 8.76. The van der Waals surface area contributed by atoms with Crippen LogP contribution in [-0.4, -0.2) is 28.1 Å². The maximum absolute atomic E-state index is 8.76. The third-order valence-electron chi connectivity index (χ3n) is 2.43. The van der Waals surface area contributed by atoms with Crippen LogP contribution in [-0.2, 0) is 6.54 Å². The molecule has 0 radical (unpaired) electrons. The summed E-state index contributed by atoms with van der Waals surface area (Å²) >= 11 is 5.05. The topological polar surface area (TPSA) is 87.6 Å². The zero-order valence-corrected chi connectivity index (χ0v) is 12.5. The van der Waals surface area contributed by atoms with Crippen molar-refractivity contribution in [2.24, 2.45) is 10.9 Å². The number of hydrogen-bond donors (Lipinski definition) is 2. The summed E-state index contributed by atoms with van der Waals surface area (Å²) < 4.78 is 1.08. The van der Waals surface area contributed by atoms with E-state index in [1.807, 2.05) is 18.0 Å². The van der Waals surface area contributed by atoms with E-state index in [0.29, 0.717) is 18.1 Å². The fraction of sp³-hybridized carbons (Fsp3) is 0.182. The second kappa shape index (κ2) is 5.98. The fourth-order valence-electron chi connectivity index (χ4n) is 1.62. The lowest BCUT2D eigenvalue weighted by atomic mass is 10.3. The van der Waals surface area contributed by atoms with Crippen LogP contribution in [0.25, 0.3) is 0 Å². The van der Waals surface area contributed by atoms with Gasteiger partial charge in [0.05, 0.1) is 3.79 Å². The number of aromatic nitrogens is 2. The van der Waals surface area contributed by atoms with Crippen LogP contribution in [0.1, 0.15) is 11.3 Å². The minimum absolute atomic E-state index is 0.0542.